The maximum atomic E-state index is 13.2. The molecule has 0 bridgehead atoms. The van der Waals surface area contributed by atoms with Crippen LogP contribution in [0.15, 0.2) is 30.3 Å². The zero-order valence-electron chi connectivity index (χ0n) is 17.3. The minimum Gasteiger partial charge on any atom is -0.373 e. The number of carbonyl (C=O) groups excluding carboxylic acids is 1. The third-order valence-electron chi connectivity index (χ3n) is 6.16. The van der Waals surface area contributed by atoms with E-state index < -0.39 is 0 Å². The fraction of sp³-hybridized carbons (Fsp3) is 0.455. The number of aryl methyl sites for hydroxylation is 2. The van der Waals surface area contributed by atoms with E-state index in [2.05, 4.69) is 15.5 Å². The van der Waals surface area contributed by atoms with Gasteiger partial charge in [-0.2, -0.15) is 5.10 Å². The van der Waals surface area contributed by atoms with Gasteiger partial charge in [-0.15, -0.1) is 10.2 Å². The second-order valence-electron chi connectivity index (χ2n) is 8.06. The van der Waals surface area contributed by atoms with E-state index in [1.807, 2.05) is 53.4 Å². The van der Waals surface area contributed by atoms with E-state index in [9.17, 15) is 4.79 Å². The zero-order chi connectivity index (χ0) is 20.7. The van der Waals surface area contributed by atoms with Gasteiger partial charge in [-0.05, 0) is 45.2 Å². The van der Waals surface area contributed by atoms with Crippen molar-refractivity contribution < 1.29 is 9.53 Å². The maximum Gasteiger partial charge on any atom is 0.232 e. The number of fused-ring (bicyclic) bond motifs is 1. The number of rotatable bonds is 4. The first-order valence-electron chi connectivity index (χ1n) is 10.6. The summed E-state index contributed by atoms with van der Waals surface area (Å²) < 4.78 is 10.0. The highest BCUT2D eigenvalue weighted by Gasteiger charge is 2.39. The highest BCUT2D eigenvalue weighted by molar-refractivity contribution is 5.91. The molecule has 1 amide bonds. The van der Waals surface area contributed by atoms with Crippen LogP contribution < -0.4 is 5.32 Å². The van der Waals surface area contributed by atoms with Crippen molar-refractivity contribution >= 4 is 11.9 Å². The molecule has 156 valence electrons. The number of ether oxygens (including phenoxy) is 1. The number of hydrogen-bond acceptors (Lipinski definition) is 5. The van der Waals surface area contributed by atoms with Gasteiger partial charge in [0.2, 0.25) is 11.9 Å². The average Bonchev–Trinajstić information content (AvgIpc) is 3.47. The molecule has 1 N–H and O–H groups in total. The van der Waals surface area contributed by atoms with Crippen molar-refractivity contribution in [2.45, 2.75) is 52.2 Å². The van der Waals surface area contributed by atoms with Gasteiger partial charge in [0, 0.05) is 30.8 Å². The molecule has 0 radical (unpaired) electrons. The summed E-state index contributed by atoms with van der Waals surface area (Å²) in [4.78, 5) is 13.2. The molecule has 1 aromatic carbocycles. The van der Waals surface area contributed by atoms with Crippen LogP contribution in [-0.2, 0) is 22.5 Å². The molecule has 5 rings (SSSR count). The predicted molar refractivity (Wildman–Crippen MR) is 111 cm³/mol. The Labute approximate surface area is 175 Å². The molecule has 0 saturated carbocycles. The van der Waals surface area contributed by atoms with Gasteiger partial charge < -0.3 is 4.74 Å². The summed E-state index contributed by atoms with van der Waals surface area (Å²) in [5.74, 6) is 1.15. The molecule has 30 heavy (non-hydrogen) atoms. The molecule has 0 unspecified atom stereocenters. The summed E-state index contributed by atoms with van der Waals surface area (Å²) in [6.45, 7) is 5.42. The van der Waals surface area contributed by atoms with E-state index >= 15 is 0 Å². The number of hydrogen-bond donors (Lipinski definition) is 1. The number of carbonyl (C=O) groups is 1. The van der Waals surface area contributed by atoms with Gasteiger partial charge >= 0.3 is 0 Å². The lowest BCUT2D eigenvalue weighted by Gasteiger charge is -2.20. The minimum atomic E-state index is -0.314. The van der Waals surface area contributed by atoms with Crippen molar-refractivity contribution in [3.63, 3.8) is 0 Å². The van der Waals surface area contributed by atoms with Crippen molar-refractivity contribution in [2.75, 3.05) is 11.9 Å². The second kappa shape index (κ2) is 7.68. The Morgan fingerprint density at radius 1 is 1.17 bits per heavy atom. The molecule has 0 spiro atoms. The van der Waals surface area contributed by atoms with Crippen LogP contribution in [0.5, 0.6) is 0 Å². The third-order valence-corrected chi connectivity index (χ3v) is 6.16. The first kappa shape index (κ1) is 19.0. The van der Waals surface area contributed by atoms with E-state index in [1.54, 1.807) is 0 Å². The van der Waals surface area contributed by atoms with Crippen molar-refractivity contribution in [1.29, 1.82) is 0 Å². The summed E-state index contributed by atoms with van der Waals surface area (Å²) in [7, 11) is 0. The van der Waals surface area contributed by atoms with Crippen molar-refractivity contribution in [2.24, 2.45) is 5.92 Å². The fourth-order valence-electron chi connectivity index (χ4n) is 4.63. The molecule has 0 aliphatic carbocycles. The molecule has 4 heterocycles. The lowest BCUT2D eigenvalue weighted by molar-refractivity contribution is -0.121. The van der Waals surface area contributed by atoms with Gasteiger partial charge in [0.1, 0.15) is 5.82 Å². The summed E-state index contributed by atoms with van der Waals surface area (Å²) in [6, 6.07) is 10.0. The van der Waals surface area contributed by atoms with Crippen LogP contribution in [0.3, 0.4) is 0 Å². The second-order valence-corrected chi connectivity index (χ2v) is 8.06. The van der Waals surface area contributed by atoms with Gasteiger partial charge in [0.15, 0.2) is 0 Å². The lowest BCUT2D eigenvalue weighted by atomic mass is 9.93. The third kappa shape index (κ3) is 3.21. The fourth-order valence-corrected chi connectivity index (χ4v) is 4.63. The van der Waals surface area contributed by atoms with E-state index in [4.69, 9.17) is 9.84 Å². The van der Waals surface area contributed by atoms with Crippen molar-refractivity contribution in [3.8, 4) is 5.69 Å². The highest BCUT2D eigenvalue weighted by atomic mass is 16.5. The summed E-state index contributed by atoms with van der Waals surface area (Å²) in [5, 5.41) is 16.2. The molecular formula is C22H26N6O2. The Balaban J connectivity index is 1.41. The number of benzene rings is 1. The van der Waals surface area contributed by atoms with E-state index in [1.165, 1.54) is 0 Å². The van der Waals surface area contributed by atoms with E-state index in [-0.39, 0.29) is 17.9 Å². The van der Waals surface area contributed by atoms with Crippen LogP contribution >= 0.6 is 0 Å². The summed E-state index contributed by atoms with van der Waals surface area (Å²) >= 11 is 0. The van der Waals surface area contributed by atoms with Crippen LogP contribution in [0.1, 0.15) is 48.1 Å². The highest BCUT2D eigenvalue weighted by Crippen LogP contribution is 2.39. The van der Waals surface area contributed by atoms with Crippen LogP contribution in [0.25, 0.3) is 5.69 Å². The monoisotopic (exact) mass is 406 g/mol. The van der Waals surface area contributed by atoms with Gasteiger partial charge in [-0.3, -0.25) is 14.7 Å². The van der Waals surface area contributed by atoms with Crippen molar-refractivity contribution in [1.82, 2.24) is 24.5 Å². The molecule has 3 aromatic rings. The van der Waals surface area contributed by atoms with Gasteiger partial charge in [0.05, 0.1) is 23.4 Å². The Morgan fingerprint density at radius 3 is 2.83 bits per heavy atom. The number of nitrogens with one attached hydrogen (secondary N) is 1. The van der Waals surface area contributed by atoms with Crippen molar-refractivity contribution in [3.05, 3.63) is 53.1 Å². The molecule has 1 fully saturated rings. The molecule has 8 heteroatoms. The zero-order valence-corrected chi connectivity index (χ0v) is 17.3. The Bertz CT molecular complexity index is 1070. The number of aromatic nitrogens is 5. The largest absolute Gasteiger partial charge is 0.373 e. The topological polar surface area (TPSA) is 86.9 Å². The molecule has 2 aliphatic heterocycles. The molecule has 2 atom stereocenters. The lowest BCUT2D eigenvalue weighted by Crippen LogP contribution is -2.28. The van der Waals surface area contributed by atoms with Crippen LogP contribution in [0, 0.1) is 19.8 Å². The average molecular weight is 406 g/mol. The van der Waals surface area contributed by atoms with E-state index in [0.29, 0.717) is 19.0 Å². The van der Waals surface area contributed by atoms with Crippen LogP contribution in [0.4, 0.5) is 5.95 Å². The number of amides is 1. The first-order valence-corrected chi connectivity index (χ1v) is 10.6. The van der Waals surface area contributed by atoms with Gasteiger partial charge in [-0.1, -0.05) is 18.2 Å². The Hall–Kier alpha value is -3.00. The Kier molecular flexibility index (Phi) is 4.86. The minimum absolute atomic E-state index is 0.0652. The molecule has 8 nitrogen and oxygen atoms in total. The SMILES string of the molecule is Cc1nn(-c2ccccc2)c(C)c1[C@H]1OCC[C@@H]1C(=O)Nc1nnc2n1CCCC2. The molecule has 2 aromatic heterocycles. The molecule has 2 aliphatic rings. The van der Waals surface area contributed by atoms with E-state index in [0.717, 1.165) is 54.3 Å². The number of para-hydroxylation sites is 1. The smallest absolute Gasteiger partial charge is 0.232 e. The number of anilines is 1. The Morgan fingerprint density at radius 2 is 2.00 bits per heavy atom. The normalized spacial score (nSPS) is 20.9. The molecular weight excluding hydrogens is 380 g/mol. The summed E-state index contributed by atoms with van der Waals surface area (Å²) in [5.41, 5.74) is 3.89. The summed E-state index contributed by atoms with van der Waals surface area (Å²) in [6.07, 6.45) is 3.47. The van der Waals surface area contributed by atoms with Gasteiger partial charge in [-0.25, -0.2) is 4.68 Å². The quantitative estimate of drug-likeness (QED) is 0.719. The van der Waals surface area contributed by atoms with Gasteiger partial charge in [0.25, 0.3) is 0 Å². The van der Waals surface area contributed by atoms with Crippen LogP contribution in [0.2, 0.25) is 0 Å². The van der Waals surface area contributed by atoms with Crippen LogP contribution in [-0.4, -0.2) is 37.1 Å². The number of nitrogens with zero attached hydrogens (tertiary/aromatic N) is 5. The maximum absolute atomic E-state index is 13.2. The standard InChI is InChI=1S/C22H26N6O2/c1-14-19(15(2)28(26-14)16-8-4-3-5-9-16)20-17(11-13-30-20)21(29)23-22-25-24-18-10-6-7-12-27(18)22/h3-5,8-9,17,20H,6-7,10-13H2,1-2H3,(H,23,25,29)/t17-,20-/m0/s1. The first-order chi connectivity index (χ1) is 14.6. The molecule has 1 saturated heterocycles. The predicted octanol–water partition coefficient (Wildman–Crippen LogP) is 3.13.